The van der Waals surface area contributed by atoms with Gasteiger partial charge in [0.05, 0.1) is 6.42 Å². The van der Waals surface area contributed by atoms with Gasteiger partial charge in [0.25, 0.3) is 0 Å². The average molecular weight is 173 g/mol. The van der Waals surface area contributed by atoms with Gasteiger partial charge in [-0.05, 0) is 26.3 Å². The first kappa shape index (κ1) is 9.48. The summed E-state index contributed by atoms with van der Waals surface area (Å²) in [4.78, 5) is 11.0. The number of hydrogen-bond donors (Lipinski definition) is 2. The maximum atomic E-state index is 11.0. The fourth-order valence-corrected chi connectivity index (χ4v) is 1.37. The highest BCUT2D eigenvalue weighted by atomic mass is 16.6. The fraction of sp³-hybridized carbons (Fsp3) is 0.875. The van der Waals surface area contributed by atoms with Gasteiger partial charge in [0.1, 0.15) is 0 Å². The largest absolute Gasteiger partial charge is 0.436 e. The van der Waals surface area contributed by atoms with Gasteiger partial charge in [-0.1, -0.05) is 0 Å². The number of nitrogens with one attached hydrogen (secondary N) is 1. The zero-order chi connectivity index (χ0) is 8.97. The Labute approximate surface area is 71.9 Å². The molecule has 1 aliphatic rings. The van der Waals surface area contributed by atoms with E-state index in [1.54, 1.807) is 0 Å². The number of carbonyl (C=O) groups is 1. The van der Waals surface area contributed by atoms with Gasteiger partial charge in [-0.25, -0.2) is 0 Å². The number of aliphatic hydroxyl groups is 1. The number of ether oxygens (including phenoxy) is 1. The zero-order valence-electron chi connectivity index (χ0n) is 7.25. The number of carbonyl (C=O) groups excluding carboxylic acids is 1. The predicted octanol–water partition coefficient (Wildman–Crippen LogP) is 0.01000. The maximum absolute atomic E-state index is 11.0. The van der Waals surface area contributed by atoms with E-state index in [0.717, 1.165) is 19.4 Å². The lowest BCUT2D eigenvalue weighted by molar-refractivity contribution is -0.165. The first-order valence-electron chi connectivity index (χ1n) is 4.29. The summed E-state index contributed by atoms with van der Waals surface area (Å²) in [5.41, 5.74) is 0. The summed E-state index contributed by atoms with van der Waals surface area (Å²) >= 11 is 0. The van der Waals surface area contributed by atoms with Gasteiger partial charge >= 0.3 is 5.97 Å². The van der Waals surface area contributed by atoms with E-state index in [9.17, 15) is 4.79 Å². The summed E-state index contributed by atoms with van der Waals surface area (Å²) in [6.07, 6.45) is 1.52. The third-order valence-electron chi connectivity index (χ3n) is 1.88. The molecule has 1 rings (SSSR count). The first-order chi connectivity index (χ1) is 5.68. The van der Waals surface area contributed by atoms with Crippen molar-refractivity contribution in [3.05, 3.63) is 0 Å². The normalized spacial score (nSPS) is 25.3. The molecule has 2 N–H and O–H groups in total. The molecule has 1 fully saturated rings. The van der Waals surface area contributed by atoms with Crippen molar-refractivity contribution in [1.29, 1.82) is 0 Å². The quantitative estimate of drug-likeness (QED) is 0.466. The highest BCUT2D eigenvalue weighted by Gasteiger charge is 2.18. The first-order valence-corrected chi connectivity index (χ1v) is 4.29. The second kappa shape index (κ2) is 4.42. The summed E-state index contributed by atoms with van der Waals surface area (Å²) in [5.74, 6) is -0.329. The third-order valence-corrected chi connectivity index (χ3v) is 1.88. The Morgan fingerprint density at radius 2 is 2.58 bits per heavy atom. The minimum atomic E-state index is -0.987. The average Bonchev–Trinajstić information content (AvgIpc) is 2.37. The molecule has 0 aromatic rings. The molecule has 2 unspecified atom stereocenters. The molecule has 0 aliphatic carbocycles. The second-order valence-corrected chi connectivity index (χ2v) is 3.09. The minimum absolute atomic E-state index is 0.247. The Balaban J connectivity index is 2.16. The molecule has 0 amide bonds. The Hall–Kier alpha value is -0.610. The Morgan fingerprint density at radius 3 is 3.08 bits per heavy atom. The highest BCUT2D eigenvalue weighted by Crippen LogP contribution is 2.09. The van der Waals surface area contributed by atoms with Crippen LogP contribution in [0.15, 0.2) is 0 Å². The molecule has 70 valence electrons. The van der Waals surface area contributed by atoms with Crippen LogP contribution in [-0.4, -0.2) is 30.0 Å². The molecule has 1 heterocycles. The smallest absolute Gasteiger partial charge is 0.309 e. The zero-order valence-corrected chi connectivity index (χ0v) is 7.25. The summed E-state index contributed by atoms with van der Waals surface area (Å²) in [6.45, 7) is 2.41. The van der Waals surface area contributed by atoms with E-state index < -0.39 is 6.29 Å². The van der Waals surface area contributed by atoms with E-state index in [2.05, 4.69) is 10.1 Å². The number of esters is 1. The van der Waals surface area contributed by atoms with Crippen LogP contribution in [0.3, 0.4) is 0 Å². The van der Waals surface area contributed by atoms with E-state index >= 15 is 0 Å². The van der Waals surface area contributed by atoms with Gasteiger partial charge in [0, 0.05) is 6.04 Å². The predicted molar refractivity (Wildman–Crippen MR) is 43.4 cm³/mol. The van der Waals surface area contributed by atoms with Crippen LogP contribution >= 0.6 is 0 Å². The summed E-state index contributed by atoms with van der Waals surface area (Å²) in [7, 11) is 0. The molecule has 0 bridgehead atoms. The highest BCUT2D eigenvalue weighted by molar-refractivity contribution is 5.70. The van der Waals surface area contributed by atoms with E-state index in [1.165, 1.54) is 6.92 Å². The van der Waals surface area contributed by atoms with Gasteiger partial charge in [0.15, 0.2) is 6.29 Å². The Kier molecular flexibility index (Phi) is 3.49. The molecule has 1 saturated heterocycles. The van der Waals surface area contributed by atoms with Crippen molar-refractivity contribution in [3.8, 4) is 0 Å². The Morgan fingerprint density at radius 1 is 1.83 bits per heavy atom. The molecule has 0 radical (unpaired) electrons. The van der Waals surface area contributed by atoms with Gasteiger partial charge in [-0.2, -0.15) is 0 Å². The van der Waals surface area contributed by atoms with Crippen molar-refractivity contribution >= 4 is 5.97 Å². The van der Waals surface area contributed by atoms with Crippen LogP contribution in [0.25, 0.3) is 0 Å². The minimum Gasteiger partial charge on any atom is -0.436 e. The summed E-state index contributed by atoms with van der Waals surface area (Å²) in [5, 5.41) is 11.9. The van der Waals surface area contributed by atoms with Crippen LogP contribution in [0.1, 0.15) is 26.2 Å². The molecular formula is C8H15NO3. The van der Waals surface area contributed by atoms with Crippen molar-refractivity contribution in [2.75, 3.05) is 6.54 Å². The van der Waals surface area contributed by atoms with Crippen LogP contribution in [0, 0.1) is 0 Å². The van der Waals surface area contributed by atoms with Crippen LogP contribution in [0.2, 0.25) is 0 Å². The third kappa shape index (κ3) is 3.19. The number of aliphatic hydroxyl groups excluding tert-OH is 1. The van der Waals surface area contributed by atoms with Gasteiger partial charge < -0.3 is 15.2 Å². The molecule has 0 spiro atoms. The molecule has 0 aromatic heterocycles. The lowest BCUT2D eigenvalue weighted by Gasteiger charge is -2.10. The maximum Gasteiger partial charge on any atom is 0.309 e. The second-order valence-electron chi connectivity index (χ2n) is 3.09. The van der Waals surface area contributed by atoms with Crippen LogP contribution in [0.4, 0.5) is 0 Å². The van der Waals surface area contributed by atoms with E-state index in [1.807, 2.05) is 0 Å². The Bertz CT molecular complexity index is 152. The molecule has 4 nitrogen and oxygen atoms in total. The molecular weight excluding hydrogens is 158 g/mol. The van der Waals surface area contributed by atoms with E-state index in [4.69, 9.17) is 5.11 Å². The van der Waals surface area contributed by atoms with Crippen molar-refractivity contribution in [3.63, 3.8) is 0 Å². The number of hydrogen-bond acceptors (Lipinski definition) is 4. The lowest BCUT2D eigenvalue weighted by Crippen LogP contribution is -2.27. The molecule has 4 heteroatoms. The van der Waals surface area contributed by atoms with Crippen molar-refractivity contribution < 1.29 is 14.6 Å². The summed E-state index contributed by atoms with van der Waals surface area (Å²) < 4.78 is 4.59. The topological polar surface area (TPSA) is 58.6 Å². The molecule has 12 heavy (non-hydrogen) atoms. The SMILES string of the molecule is CC(O)OC(=O)CC1CCCN1. The number of rotatable bonds is 3. The lowest BCUT2D eigenvalue weighted by atomic mass is 10.2. The van der Waals surface area contributed by atoms with Crippen LogP contribution in [-0.2, 0) is 9.53 Å². The van der Waals surface area contributed by atoms with Gasteiger partial charge in [-0.15, -0.1) is 0 Å². The fourth-order valence-electron chi connectivity index (χ4n) is 1.37. The molecule has 0 saturated carbocycles. The molecule has 1 aliphatic heterocycles. The van der Waals surface area contributed by atoms with Gasteiger partial charge in [0.2, 0.25) is 0 Å². The van der Waals surface area contributed by atoms with Crippen LogP contribution in [0.5, 0.6) is 0 Å². The molecule has 2 atom stereocenters. The standard InChI is InChI=1S/C8H15NO3/c1-6(10)12-8(11)5-7-3-2-4-9-7/h6-7,9-10H,2-5H2,1H3. The van der Waals surface area contributed by atoms with E-state index in [-0.39, 0.29) is 12.0 Å². The van der Waals surface area contributed by atoms with Gasteiger partial charge in [-0.3, -0.25) is 4.79 Å². The van der Waals surface area contributed by atoms with Crippen molar-refractivity contribution in [1.82, 2.24) is 5.32 Å². The monoisotopic (exact) mass is 173 g/mol. The van der Waals surface area contributed by atoms with Crippen molar-refractivity contribution in [2.45, 2.75) is 38.5 Å². The van der Waals surface area contributed by atoms with Crippen LogP contribution < -0.4 is 5.32 Å². The van der Waals surface area contributed by atoms with E-state index in [0.29, 0.717) is 6.42 Å². The molecule has 0 aromatic carbocycles. The van der Waals surface area contributed by atoms with Crippen molar-refractivity contribution in [2.24, 2.45) is 0 Å². The summed E-state index contributed by atoms with van der Waals surface area (Å²) in [6, 6.07) is 0.247.